The lowest BCUT2D eigenvalue weighted by molar-refractivity contribution is -0.126. The van der Waals surface area contributed by atoms with Crippen LogP contribution in [0.5, 0.6) is 11.5 Å². The van der Waals surface area contributed by atoms with Crippen molar-refractivity contribution in [1.82, 2.24) is 20.4 Å². The molecular weight excluding hydrogens is 320 g/mol. The molecule has 132 valence electrons. The molecule has 0 spiro atoms. The Bertz CT molecular complexity index is 763. The fraction of sp³-hybridized carbons (Fsp3) is 0.444. The maximum Gasteiger partial charge on any atom is 0.227 e. The second-order valence-electron chi connectivity index (χ2n) is 6.41. The SMILES string of the molecule is COc1cccc2c1OC[C@@H](C(=O)NCc1cc3n(n1)CCNC3)C2. The highest BCUT2D eigenvalue weighted by molar-refractivity contribution is 5.79. The molecule has 2 aliphatic heterocycles. The molecule has 0 radical (unpaired) electrons. The van der Waals surface area contributed by atoms with Gasteiger partial charge < -0.3 is 20.1 Å². The summed E-state index contributed by atoms with van der Waals surface area (Å²) in [6.07, 6.45) is 0.655. The Morgan fingerprint density at radius 1 is 1.52 bits per heavy atom. The Kier molecular flexibility index (Phi) is 4.31. The van der Waals surface area contributed by atoms with Gasteiger partial charge in [-0.3, -0.25) is 9.48 Å². The first kappa shape index (κ1) is 16.0. The van der Waals surface area contributed by atoms with Gasteiger partial charge in [0, 0.05) is 13.1 Å². The molecule has 0 saturated heterocycles. The van der Waals surface area contributed by atoms with Crippen LogP contribution in [0.3, 0.4) is 0 Å². The normalized spacial score (nSPS) is 18.7. The summed E-state index contributed by atoms with van der Waals surface area (Å²) in [7, 11) is 1.62. The van der Waals surface area contributed by atoms with E-state index in [4.69, 9.17) is 9.47 Å². The van der Waals surface area contributed by atoms with Gasteiger partial charge in [0.25, 0.3) is 0 Å². The van der Waals surface area contributed by atoms with E-state index in [0.717, 1.165) is 42.3 Å². The number of fused-ring (bicyclic) bond motifs is 2. The third-order valence-corrected chi connectivity index (χ3v) is 4.71. The first-order valence-electron chi connectivity index (χ1n) is 8.57. The molecule has 0 saturated carbocycles. The Labute approximate surface area is 146 Å². The van der Waals surface area contributed by atoms with E-state index >= 15 is 0 Å². The van der Waals surface area contributed by atoms with Crippen molar-refractivity contribution >= 4 is 5.91 Å². The number of nitrogens with zero attached hydrogens (tertiary/aromatic N) is 2. The number of hydrogen-bond donors (Lipinski definition) is 2. The molecule has 1 amide bonds. The van der Waals surface area contributed by atoms with Crippen molar-refractivity contribution in [3.05, 3.63) is 41.2 Å². The number of aromatic nitrogens is 2. The average Bonchev–Trinajstić information content (AvgIpc) is 3.08. The molecule has 3 heterocycles. The number of para-hydroxylation sites is 1. The smallest absolute Gasteiger partial charge is 0.227 e. The first-order chi connectivity index (χ1) is 12.2. The van der Waals surface area contributed by atoms with Gasteiger partial charge in [0.2, 0.25) is 5.91 Å². The van der Waals surface area contributed by atoms with Crippen molar-refractivity contribution < 1.29 is 14.3 Å². The Morgan fingerprint density at radius 3 is 3.28 bits per heavy atom. The zero-order chi connectivity index (χ0) is 17.2. The van der Waals surface area contributed by atoms with E-state index in [2.05, 4.69) is 15.7 Å². The minimum absolute atomic E-state index is 0.00225. The summed E-state index contributed by atoms with van der Waals surface area (Å²) in [5.41, 5.74) is 3.07. The third-order valence-electron chi connectivity index (χ3n) is 4.71. The van der Waals surface area contributed by atoms with Crippen molar-refractivity contribution in [2.24, 2.45) is 5.92 Å². The summed E-state index contributed by atoms with van der Waals surface area (Å²) in [6, 6.07) is 7.82. The molecule has 2 aromatic rings. The largest absolute Gasteiger partial charge is 0.493 e. The minimum Gasteiger partial charge on any atom is -0.493 e. The number of methoxy groups -OCH3 is 1. The number of hydrogen-bond acceptors (Lipinski definition) is 5. The lowest BCUT2D eigenvalue weighted by Gasteiger charge is -2.25. The predicted octanol–water partition coefficient (Wildman–Crippen LogP) is 0.862. The van der Waals surface area contributed by atoms with Crippen LogP contribution in [0.1, 0.15) is 17.0 Å². The number of amides is 1. The summed E-state index contributed by atoms with van der Waals surface area (Å²) >= 11 is 0. The summed E-state index contributed by atoms with van der Waals surface area (Å²) < 4.78 is 13.1. The number of benzene rings is 1. The molecule has 2 aliphatic rings. The summed E-state index contributed by atoms with van der Waals surface area (Å²) in [5, 5.41) is 10.8. The fourth-order valence-corrected chi connectivity index (χ4v) is 3.38. The third kappa shape index (κ3) is 3.19. The molecule has 1 aromatic heterocycles. The van der Waals surface area contributed by atoms with E-state index in [-0.39, 0.29) is 11.8 Å². The maximum atomic E-state index is 12.5. The van der Waals surface area contributed by atoms with Gasteiger partial charge in [-0.1, -0.05) is 12.1 Å². The van der Waals surface area contributed by atoms with Gasteiger partial charge in [0.1, 0.15) is 6.61 Å². The standard InChI is InChI=1S/C18H22N4O3/c1-24-16-4-2-3-12-7-13(11-25-17(12)16)18(23)20-9-14-8-15-10-19-5-6-22(15)21-14/h2-4,8,13,19H,5-7,9-11H2,1H3,(H,20,23)/t13-/m0/s1. The van der Waals surface area contributed by atoms with Crippen LogP contribution in [-0.4, -0.2) is 35.9 Å². The number of nitrogens with one attached hydrogen (secondary N) is 2. The van der Waals surface area contributed by atoms with Crippen LogP contribution >= 0.6 is 0 Å². The Balaban J connectivity index is 1.38. The molecule has 7 heteroatoms. The average molecular weight is 342 g/mol. The van der Waals surface area contributed by atoms with Gasteiger partial charge in [0.05, 0.1) is 37.5 Å². The van der Waals surface area contributed by atoms with Gasteiger partial charge >= 0.3 is 0 Å². The first-order valence-corrected chi connectivity index (χ1v) is 8.57. The number of rotatable bonds is 4. The second-order valence-corrected chi connectivity index (χ2v) is 6.41. The fourth-order valence-electron chi connectivity index (χ4n) is 3.38. The highest BCUT2D eigenvalue weighted by Gasteiger charge is 2.27. The number of carbonyl (C=O) groups is 1. The molecule has 1 atom stereocenters. The van der Waals surface area contributed by atoms with E-state index in [1.807, 2.05) is 28.9 Å². The van der Waals surface area contributed by atoms with Gasteiger partial charge in [0.15, 0.2) is 11.5 Å². The monoisotopic (exact) mass is 342 g/mol. The maximum absolute atomic E-state index is 12.5. The zero-order valence-corrected chi connectivity index (χ0v) is 14.2. The van der Waals surface area contributed by atoms with Crippen LogP contribution in [0.25, 0.3) is 0 Å². The quantitative estimate of drug-likeness (QED) is 0.862. The van der Waals surface area contributed by atoms with Gasteiger partial charge in [-0.25, -0.2) is 0 Å². The molecule has 0 aliphatic carbocycles. The lowest BCUT2D eigenvalue weighted by Crippen LogP contribution is -2.37. The van der Waals surface area contributed by atoms with Crippen molar-refractivity contribution in [3.63, 3.8) is 0 Å². The van der Waals surface area contributed by atoms with Crippen LogP contribution in [0.2, 0.25) is 0 Å². The molecule has 2 N–H and O–H groups in total. The van der Waals surface area contributed by atoms with E-state index in [0.29, 0.717) is 25.3 Å². The second kappa shape index (κ2) is 6.76. The van der Waals surface area contributed by atoms with Gasteiger partial charge in [-0.15, -0.1) is 0 Å². The van der Waals surface area contributed by atoms with Crippen LogP contribution in [-0.2, 0) is 30.8 Å². The van der Waals surface area contributed by atoms with E-state index in [1.165, 1.54) is 0 Å². The van der Waals surface area contributed by atoms with Crippen molar-refractivity contribution in [2.45, 2.75) is 26.1 Å². The van der Waals surface area contributed by atoms with Crippen molar-refractivity contribution in [2.75, 3.05) is 20.3 Å². The molecule has 0 fully saturated rings. The Hall–Kier alpha value is -2.54. The van der Waals surface area contributed by atoms with Crippen molar-refractivity contribution in [3.8, 4) is 11.5 Å². The summed E-state index contributed by atoms with van der Waals surface area (Å²) in [4.78, 5) is 12.5. The zero-order valence-electron chi connectivity index (χ0n) is 14.2. The molecule has 4 rings (SSSR count). The Morgan fingerprint density at radius 2 is 2.44 bits per heavy atom. The highest BCUT2D eigenvalue weighted by Crippen LogP contribution is 2.36. The van der Waals surface area contributed by atoms with Crippen LogP contribution in [0.15, 0.2) is 24.3 Å². The van der Waals surface area contributed by atoms with Crippen LogP contribution < -0.4 is 20.1 Å². The molecule has 0 unspecified atom stereocenters. The predicted molar refractivity (Wildman–Crippen MR) is 91.5 cm³/mol. The molecule has 7 nitrogen and oxygen atoms in total. The van der Waals surface area contributed by atoms with E-state index < -0.39 is 0 Å². The van der Waals surface area contributed by atoms with Crippen LogP contribution in [0, 0.1) is 5.92 Å². The van der Waals surface area contributed by atoms with Gasteiger partial charge in [-0.2, -0.15) is 5.10 Å². The molecule has 0 bridgehead atoms. The van der Waals surface area contributed by atoms with E-state index in [9.17, 15) is 4.79 Å². The van der Waals surface area contributed by atoms with E-state index in [1.54, 1.807) is 7.11 Å². The summed E-state index contributed by atoms with van der Waals surface area (Å²) in [5.74, 6) is 1.27. The van der Waals surface area contributed by atoms with Crippen molar-refractivity contribution in [1.29, 1.82) is 0 Å². The molecular formula is C18H22N4O3. The highest BCUT2D eigenvalue weighted by atomic mass is 16.5. The molecule has 1 aromatic carbocycles. The van der Waals surface area contributed by atoms with Crippen LogP contribution in [0.4, 0.5) is 0 Å². The molecule has 25 heavy (non-hydrogen) atoms. The number of ether oxygens (including phenoxy) is 2. The summed E-state index contributed by atoms with van der Waals surface area (Å²) in [6.45, 7) is 3.44. The minimum atomic E-state index is -0.196. The van der Waals surface area contributed by atoms with Gasteiger partial charge in [-0.05, 0) is 24.1 Å². The topological polar surface area (TPSA) is 77.4 Å². The lowest BCUT2D eigenvalue weighted by atomic mass is 9.95. The number of carbonyl (C=O) groups excluding carboxylic acids is 1.